The first kappa shape index (κ1) is 17.3. The van der Waals surface area contributed by atoms with Crippen LogP contribution in [0.2, 0.25) is 0 Å². The molecule has 0 fully saturated rings. The van der Waals surface area contributed by atoms with Crippen LogP contribution in [0.4, 0.5) is 11.4 Å². The lowest BCUT2D eigenvalue weighted by molar-refractivity contribution is 0.0729. The molecule has 1 aliphatic heterocycles. The number of fused-ring (bicyclic) bond motifs is 1. The van der Waals surface area contributed by atoms with Crippen molar-refractivity contribution >= 4 is 17.3 Å². The minimum absolute atomic E-state index is 0.0167. The number of hydrogen-bond acceptors (Lipinski definition) is 3. The van der Waals surface area contributed by atoms with Gasteiger partial charge in [0.1, 0.15) is 5.69 Å². The van der Waals surface area contributed by atoms with Crippen molar-refractivity contribution in [2.45, 2.75) is 26.3 Å². The fourth-order valence-corrected chi connectivity index (χ4v) is 3.56. The third kappa shape index (κ3) is 3.70. The molecule has 4 rings (SSSR count). The lowest BCUT2D eigenvalue weighted by Crippen LogP contribution is -2.36. The molecular formula is C23H23N3O. The van der Waals surface area contributed by atoms with Gasteiger partial charge in [-0.05, 0) is 47.7 Å². The van der Waals surface area contributed by atoms with Crippen LogP contribution < -0.4 is 5.32 Å². The number of carbonyl (C=O) groups is 1. The summed E-state index contributed by atoms with van der Waals surface area (Å²) in [5, 5.41) is 3.43. The largest absolute Gasteiger partial charge is 0.355 e. The van der Waals surface area contributed by atoms with Gasteiger partial charge in [-0.15, -0.1) is 0 Å². The first-order valence-corrected chi connectivity index (χ1v) is 9.41. The molecule has 1 N–H and O–H groups in total. The molecule has 2 aromatic carbocycles. The van der Waals surface area contributed by atoms with E-state index in [1.807, 2.05) is 35.2 Å². The molecule has 3 aromatic rings. The van der Waals surface area contributed by atoms with Crippen molar-refractivity contribution in [3.63, 3.8) is 0 Å². The van der Waals surface area contributed by atoms with E-state index in [-0.39, 0.29) is 5.91 Å². The van der Waals surface area contributed by atoms with Crippen molar-refractivity contribution in [3.8, 4) is 0 Å². The van der Waals surface area contributed by atoms with Crippen molar-refractivity contribution in [1.82, 2.24) is 9.88 Å². The number of rotatable bonds is 4. The van der Waals surface area contributed by atoms with Crippen molar-refractivity contribution in [2.24, 2.45) is 0 Å². The van der Waals surface area contributed by atoms with Crippen LogP contribution in [-0.4, -0.2) is 22.3 Å². The summed E-state index contributed by atoms with van der Waals surface area (Å²) in [6.07, 6.45) is 3.54. The van der Waals surface area contributed by atoms with E-state index in [1.165, 1.54) is 16.7 Å². The maximum absolute atomic E-state index is 13.0. The SMILES string of the molecule is CCc1ccccc1Nc1ccnc(C(=O)N2CCc3ccccc3C2)c1. The average Bonchev–Trinajstić information content (AvgIpc) is 2.73. The third-order valence-electron chi connectivity index (χ3n) is 5.07. The summed E-state index contributed by atoms with van der Waals surface area (Å²) in [5.41, 5.74) is 6.23. The number of pyridine rings is 1. The highest BCUT2D eigenvalue weighted by atomic mass is 16.2. The molecule has 0 saturated carbocycles. The zero-order valence-electron chi connectivity index (χ0n) is 15.5. The van der Waals surface area contributed by atoms with E-state index in [1.54, 1.807) is 6.20 Å². The van der Waals surface area contributed by atoms with Crippen molar-refractivity contribution in [3.05, 3.63) is 89.2 Å². The number of nitrogens with zero attached hydrogens (tertiary/aromatic N) is 2. The van der Waals surface area contributed by atoms with Gasteiger partial charge in [0.2, 0.25) is 0 Å². The topological polar surface area (TPSA) is 45.2 Å². The molecule has 1 aliphatic rings. The summed E-state index contributed by atoms with van der Waals surface area (Å²) in [6.45, 7) is 3.51. The number of para-hydroxylation sites is 1. The van der Waals surface area contributed by atoms with Gasteiger partial charge in [-0.25, -0.2) is 0 Å². The summed E-state index contributed by atoms with van der Waals surface area (Å²) < 4.78 is 0. The molecule has 0 bridgehead atoms. The van der Waals surface area contributed by atoms with E-state index < -0.39 is 0 Å². The van der Waals surface area contributed by atoms with Gasteiger partial charge in [0.15, 0.2) is 0 Å². The highest BCUT2D eigenvalue weighted by molar-refractivity contribution is 5.93. The minimum Gasteiger partial charge on any atom is -0.355 e. The van der Waals surface area contributed by atoms with Crippen molar-refractivity contribution < 1.29 is 4.79 Å². The molecule has 4 heteroatoms. The van der Waals surface area contributed by atoms with Gasteiger partial charge in [-0.1, -0.05) is 49.4 Å². The highest BCUT2D eigenvalue weighted by Crippen LogP contribution is 2.23. The molecule has 27 heavy (non-hydrogen) atoms. The molecule has 0 aliphatic carbocycles. The van der Waals surface area contributed by atoms with E-state index >= 15 is 0 Å². The first-order valence-electron chi connectivity index (χ1n) is 9.41. The second-order valence-electron chi connectivity index (χ2n) is 6.81. The maximum atomic E-state index is 13.0. The lowest BCUT2D eigenvalue weighted by Gasteiger charge is -2.28. The van der Waals surface area contributed by atoms with Crippen LogP contribution in [-0.2, 0) is 19.4 Å². The van der Waals surface area contributed by atoms with Gasteiger partial charge in [-0.3, -0.25) is 9.78 Å². The standard InChI is InChI=1S/C23H23N3O/c1-2-17-7-5-6-10-21(17)25-20-11-13-24-22(15-20)23(27)26-14-12-18-8-3-4-9-19(18)16-26/h3-11,13,15H,2,12,14,16H2,1H3,(H,24,25). The Morgan fingerprint density at radius 2 is 1.85 bits per heavy atom. The average molecular weight is 357 g/mol. The van der Waals surface area contributed by atoms with Crippen LogP contribution in [0.25, 0.3) is 0 Å². The van der Waals surface area contributed by atoms with Gasteiger partial charge in [0.25, 0.3) is 5.91 Å². The molecule has 1 aromatic heterocycles. The summed E-state index contributed by atoms with van der Waals surface area (Å²) in [4.78, 5) is 19.2. The van der Waals surface area contributed by atoms with E-state index in [0.29, 0.717) is 12.2 Å². The Kier molecular flexibility index (Phi) is 4.88. The monoisotopic (exact) mass is 357 g/mol. The van der Waals surface area contributed by atoms with Crippen molar-refractivity contribution in [1.29, 1.82) is 0 Å². The third-order valence-corrected chi connectivity index (χ3v) is 5.07. The predicted molar refractivity (Wildman–Crippen MR) is 108 cm³/mol. The van der Waals surface area contributed by atoms with Gasteiger partial charge < -0.3 is 10.2 Å². The summed E-state index contributed by atoms with van der Waals surface area (Å²) in [5.74, 6) is -0.0167. The van der Waals surface area contributed by atoms with E-state index in [2.05, 4.69) is 47.6 Å². The van der Waals surface area contributed by atoms with Gasteiger partial charge in [-0.2, -0.15) is 0 Å². The second-order valence-corrected chi connectivity index (χ2v) is 6.81. The van der Waals surface area contributed by atoms with Crippen LogP contribution in [0, 0.1) is 0 Å². The normalized spacial score (nSPS) is 13.1. The number of amides is 1. The lowest BCUT2D eigenvalue weighted by atomic mass is 10.00. The van der Waals surface area contributed by atoms with E-state index in [0.717, 1.165) is 30.8 Å². The van der Waals surface area contributed by atoms with E-state index in [9.17, 15) is 4.79 Å². The maximum Gasteiger partial charge on any atom is 0.272 e. The Morgan fingerprint density at radius 3 is 2.70 bits per heavy atom. The van der Waals surface area contributed by atoms with Gasteiger partial charge >= 0.3 is 0 Å². The fraction of sp³-hybridized carbons (Fsp3) is 0.217. The molecule has 2 heterocycles. The number of aromatic nitrogens is 1. The number of aryl methyl sites for hydroxylation is 1. The Hall–Kier alpha value is -3.14. The zero-order chi connectivity index (χ0) is 18.6. The molecule has 0 radical (unpaired) electrons. The summed E-state index contributed by atoms with van der Waals surface area (Å²) >= 11 is 0. The number of hydrogen-bond donors (Lipinski definition) is 1. The van der Waals surface area contributed by atoms with Crippen LogP contribution in [0.1, 0.15) is 34.1 Å². The molecule has 0 spiro atoms. The fourth-order valence-electron chi connectivity index (χ4n) is 3.56. The molecule has 0 unspecified atom stereocenters. The Morgan fingerprint density at radius 1 is 1.07 bits per heavy atom. The predicted octanol–water partition coefficient (Wildman–Crippen LogP) is 4.59. The number of anilines is 2. The molecule has 136 valence electrons. The number of benzene rings is 2. The first-order chi connectivity index (χ1) is 13.2. The van der Waals surface area contributed by atoms with Crippen LogP contribution in [0.5, 0.6) is 0 Å². The molecular weight excluding hydrogens is 334 g/mol. The smallest absolute Gasteiger partial charge is 0.272 e. The van der Waals surface area contributed by atoms with Crippen LogP contribution >= 0.6 is 0 Å². The number of nitrogens with one attached hydrogen (secondary N) is 1. The minimum atomic E-state index is -0.0167. The molecule has 0 saturated heterocycles. The molecule has 0 atom stereocenters. The van der Waals surface area contributed by atoms with Gasteiger partial charge in [0.05, 0.1) is 0 Å². The quantitative estimate of drug-likeness (QED) is 0.743. The molecule has 4 nitrogen and oxygen atoms in total. The Balaban J connectivity index is 1.53. The van der Waals surface area contributed by atoms with Gasteiger partial charge in [0, 0.05) is 30.7 Å². The van der Waals surface area contributed by atoms with E-state index in [4.69, 9.17) is 0 Å². The highest BCUT2D eigenvalue weighted by Gasteiger charge is 2.22. The Bertz CT molecular complexity index is 967. The van der Waals surface area contributed by atoms with Crippen LogP contribution in [0.3, 0.4) is 0 Å². The zero-order valence-corrected chi connectivity index (χ0v) is 15.5. The summed E-state index contributed by atoms with van der Waals surface area (Å²) in [7, 11) is 0. The van der Waals surface area contributed by atoms with Crippen molar-refractivity contribution in [2.75, 3.05) is 11.9 Å². The van der Waals surface area contributed by atoms with Crippen LogP contribution in [0.15, 0.2) is 66.9 Å². The molecule has 1 amide bonds. The Labute approximate surface area is 159 Å². The second kappa shape index (κ2) is 7.62. The number of carbonyl (C=O) groups excluding carboxylic acids is 1. The summed E-state index contributed by atoms with van der Waals surface area (Å²) in [6, 6.07) is 20.3.